The summed E-state index contributed by atoms with van der Waals surface area (Å²) in [6.07, 6.45) is 1.78. The first kappa shape index (κ1) is 21.8. The molecule has 1 fully saturated rings. The van der Waals surface area contributed by atoms with Crippen LogP contribution in [-0.4, -0.2) is 43.2 Å². The van der Waals surface area contributed by atoms with Crippen molar-refractivity contribution in [1.82, 2.24) is 24.9 Å². The summed E-state index contributed by atoms with van der Waals surface area (Å²) in [5.41, 5.74) is 3.42. The van der Waals surface area contributed by atoms with Crippen LogP contribution in [0.15, 0.2) is 69.6 Å². The van der Waals surface area contributed by atoms with Crippen molar-refractivity contribution in [3.05, 3.63) is 66.6 Å². The van der Waals surface area contributed by atoms with Crippen LogP contribution >= 0.6 is 23.1 Å². The molecule has 0 saturated carbocycles. The zero-order valence-corrected chi connectivity index (χ0v) is 20.1. The van der Waals surface area contributed by atoms with Crippen LogP contribution in [0.5, 0.6) is 0 Å². The second kappa shape index (κ2) is 9.16. The standard InChI is InChI=1S/C24H20N6O3S2/c31-22-10-15(12-29(22)13-17-4-3-9-33-17)23(32)25-16-7-8-19-21(11-16)35-24(26-19)34-14-30-20-6-2-1-5-18(20)27-28-30/h1-9,11,15H,10,12-14H2,(H,25,32). The number of hydrogen-bond acceptors (Lipinski definition) is 8. The lowest BCUT2D eigenvalue weighted by molar-refractivity contribution is -0.128. The van der Waals surface area contributed by atoms with E-state index in [-0.39, 0.29) is 18.2 Å². The molecule has 2 aromatic carbocycles. The molecule has 1 saturated heterocycles. The number of rotatable bonds is 7. The number of para-hydroxylation sites is 1. The Balaban J connectivity index is 1.10. The molecule has 4 heterocycles. The summed E-state index contributed by atoms with van der Waals surface area (Å²) in [6, 6.07) is 17.1. The largest absolute Gasteiger partial charge is 0.467 e. The molecule has 0 spiro atoms. The highest BCUT2D eigenvalue weighted by Crippen LogP contribution is 2.32. The lowest BCUT2D eigenvalue weighted by Crippen LogP contribution is -2.27. The molecule has 176 valence electrons. The molecule has 2 amide bonds. The zero-order valence-electron chi connectivity index (χ0n) is 18.5. The molecule has 1 aliphatic rings. The Hall–Kier alpha value is -3.70. The van der Waals surface area contributed by atoms with Crippen LogP contribution in [0.25, 0.3) is 21.3 Å². The van der Waals surface area contributed by atoms with Crippen LogP contribution in [0.1, 0.15) is 12.2 Å². The Morgan fingerprint density at radius 2 is 2.09 bits per heavy atom. The first-order chi connectivity index (χ1) is 17.1. The van der Waals surface area contributed by atoms with E-state index in [1.165, 1.54) is 0 Å². The monoisotopic (exact) mass is 504 g/mol. The summed E-state index contributed by atoms with van der Waals surface area (Å²) >= 11 is 3.16. The minimum Gasteiger partial charge on any atom is -0.467 e. The van der Waals surface area contributed by atoms with Gasteiger partial charge in [0.15, 0.2) is 4.34 Å². The number of fused-ring (bicyclic) bond motifs is 2. The minimum absolute atomic E-state index is 0.0405. The average Bonchev–Trinajstić information content (AvgIpc) is 3.65. The number of nitrogens with zero attached hydrogens (tertiary/aromatic N) is 5. The second-order valence-corrected chi connectivity index (χ2v) is 10.5. The van der Waals surface area contributed by atoms with E-state index in [1.54, 1.807) is 40.3 Å². The van der Waals surface area contributed by atoms with Gasteiger partial charge in [-0.05, 0) is 42.5 Å². The fourth-order valence-corrected chi connectivity index (χ4v) is 6.09. The molecule has 0 radical (unpaired) electrons. The quantitative estimate of drug-likeness (QED) is 0.328. The van der Waals surface area contributed by atoms with Crippen LogP contribution in [0.2, 0.25) is 0 Å². The number of likely N-dealkylation sites (tertiary alicyclic amines) is 1. The van der Waals surface area contributed by atoms with E-state index in [2.05, 4.69) is 15.6 Å². The minimum atomic E-state index is -0.391. The maximum absolute atomic E-state index is 12.8. The number of nitrogens with one attached hydrogen (secondary N) is 1. The predicted octanol–water partition coefficient (Wildman–Crippen LogP) is 4.37. The number of furan rings is 1. The molecule has 1 aliphatic heterocycles. The molecule has 0 aliphatic carbocycles. The number of thioether (sulfide) groups is 1. The number of amides is 2. The topological polar surface area (TPSA) is 106 Å². The van der Waals surface area contributed by atoms with Crippen molar-refractivity contribution in [2.45, 2.75) is 23.2 Å². The van der Waals surface area contributed by atoms with Crippen molar-refractivity contribution < 1.29 is 14.0 Å². The van der Waals surface area contributed by atoms with Crippen LogP contribution < -0.4 is 5.32 Å². The molecule has 6 rings (SSSR count). The van der Waals surface area contributed by atoms with Crippen LogP contribution in [0.4, 0.5) is 5.69 Å². The lowest BCUT2D eigenvalue weighted by Gasteiger charge is -2.15. The van der Waals surface area contributed by atoms with Gasteiger partial charge in [-0.15, -0.1) is 16.4 Å². The van der Waals surface area contributed by atoms with Gasteiger partial charge in [-0.1, -0.05) is 29.1 Å². The van der Waals surface area contributed by atoms with E-state index in [4.69, 9.17) is 9.40 Å². The first-order valence-electron chi connectivity index (χ1n) is 11.0. The smallest absolute Gasteiger partial charge is 0.229 e. The molecule has 11 heteroatoms. The molecule has 1 atom stereocenters. The number of carbonyl (C=O) groups is 2. The Bertz CT molecular complexity index is 1530. The van der Waals surface area contributed by atoms with Gasteiger partial charge in [0, 0.05) is 18.7 Å². The maximum atomic E-state index is 12.8. The highest BCUT2D eigenvalue weighted by Gasteiger charge is 2.34. The van der Waals surface area contributed by atoms with Gasteiger partial charge in [0.25, 0.3) is 0 Å². The van der Waals surface area contributed by atoms with E-state index in [0.29, 0.717) is 30.4 Å². The molecule has 5 aromatic rings. The van der Waals surface area contributed by atoms with Gasteiger partial charge in [-0.25, -0.2) is 9.67 Å². The summed E-state index contributed by atoms with van der Waals surface area (Å²) < 4.78 is 9.08. The van der Waals surface area contributed by atoms with E-state index in [0.717, 1.165) is 25.6 Å². The van der Waals surface area contributed by atoms with Crippen molar-refractivity contribution >= 4 is 61.9 Å². The molecule has 1 N–H and O–H groups in total. The van der Waals surface area contributed by atoms with Gasteiger partial charge >= 0.3 is 0 Å². The molecule has 35 heavy (non-hydrogen) atoms. The van der Waals surface area contributed by atoms with Crippen LogP contribution in [-0.2, 0) is 22.0 Å². The van der Waals surface area contributed by atoms with Gasteiger partial charge < -0.3 is 14.6 Å². The van der Waals surface area contributed by atoms with E-state index in [9.17, 15) is 9.59 Å². The zero-order chi connectivity index (χ0) is 23.8. The highest BCUT2D eigenvalue weighted by atomic mass is 32.2. The van der Waals surface area contributed by atoms with Crippen molar-refractivity contribution in [3.63, 3.8) is 0 Å². The molecule has 1 unspecified atom stereocenters. The maximum Gasteiger partial charge on any atom is 0.229 e. The third-order valence-corrected chi connectivity index (χ3v) is 8.01. The predicted molar refractivity (Wildman–Crippen MR) is 134 cm³/mol. The summed E-state index contributed by atoms with van der Waals surface area (Å²) in [5.74, 6) is 0.728. The fraction of sp³-hybridized carbons (Fsp3) is 0.208. The third kappa shape index (κ3) is 4.52. The summed E-state index contributed by atoms with van der Waals surface area (Å²) in [5, 5.41) is 11.4. The number of carbonyl (C=O) groups excluding carboxylic acids is 2. The van der Waals surface area contributed by atoms with Crippen molar-refractivity contribution in [3.8, 4) is 0 Å². The normalized spacial score (nSPS) is 15.9. The SMILES string of the molecule is O=C(Nc1ccc2nc(SCn3nnc4ccccc43)sc2c1)C1CC(=O)N(Cc2ccco2)C1. The molecular formula is C24H20N6O3S2. The van der Waals surface area contributed by atoms with Gasteiger partial charge in [-0.3, -0.25) is 9.59 Å². The van der Waals surface area contributed by atoms with Crippen molar-refractivity contribution in [1.29, 1.82) is 0 Å². The molecule has 9 nitrogen and oxygen atoms in total. The lowest BCUT2D eigenvalue weighted by atomic mass is 10.1. The Labute approximate surface area is 208 Å². The second-order valence-electron chi connectivity index (χ2n) is 8.26. The first-order valence-corrected chi connectivity index (χ1v) is 12.9. The van der Waals surface area contributed by atoms with Crippen molar-refractivity contribution in [2.75, 3.05) is 11.9 Å². The molecule has 0 bridgehead atoms. The van der Waals surface area contributed by atoms with E-state index in [1.807, 2.05) is 53.2 Å². The van der Waals surface area contributed by atoms with Crippen molar-refractivity contribution in [2.24, 2.45) is 5.92 Å². The van der Waals surface area contributed by atoms with E-state index < -0.39 is 5.92 Å². The Morgan fingerprint density at radius 3 is 2.97 bits per heavy atom. The van der Waals surface area contributed by atoms with Gasteiger partial charge in [0.05, 0.1) is 40.3 Å². The van der Waals surface area contributed by atoms with Gasteiger partial charge in [-0.2, -0.15) is 0 Å². The van der Waals surface area contributed by atoms with Crippen LogP contribution in [0, 0.1) is 5.92 Å². The van der Waals surface area contributed by atoms with Gasteiger partial charge in [0.1, 0.15) is 11.3 Å². The molecule has 3 aromatic heterocycles. The number of hydrogen-bond donors (Lipinski definition) is 1. The van der Waals surface area contributed by atoms with Gasteiger partial charge in [0.2, 0.25) is 11.8 Å². The molecular weight excluding hydrogens is 484 g/mol. The summed E-state index contributed by atoms with van der Waals surface area (Å²) in [4.78, 5) is 31.6. The fourth-order valence-electron chi connectivity index (χ4n) is 4.11. The number of aromatic nitrogens is 4. The summed E-state index contributed by atoms with van der Waals surface area (Å²) in [7, 11) is 0. The van der Waals surface area contributed by atoms with E-state index >= 15 is 0 Å². The average molecular weight is 505 g/mol. The number of benzene rings is 2. The summed E-state index contributed by atoms with van der Waals surface area (Å²) in [6.45, 7) is 0.763. The Morgan fingerprint density at radius 1 is 1.17 bits per heavy atom. The highest BCUT2D eigenvalue weighted by molar-refractivity contribution is 8.00. The number of anilines is 1. The third-order valence-electron chi connectivity index (χ3n) is 5.88. The Kier molecular flexibility index (Phi) is 5.71. The number of thiazole rings is 1. The van der Waals surface area contributed by atoms with Crippen LogP contribution in [0.3, 0.4) is 0 Å².